The summed E-state index contributed by atoms with van der Waals surface area (Å²) in [4.78, 5) is 2.04. The van der Waals surface area contributed by atoms with Gasteiger partial charge in [0.1, 0.15) is 11.4 Å². The number of likely N-dealkylation sites (N-methyl/N-ethyl adjacent to an activating group) is 1. The summed E-state index contributed by atoms with van der Waals surface area (Å²) in [6.07, 6.45) is 4.02. The lowest BCUT2D eigenvalue weighted by atomic mass is 10.2. The Morgan fingerprint density at radius 1 is 1.00 bits per heavy atom. The first kappa shape index (κ1) is 9.71. The van der Waals surface area contributed by atoms with Crippen LogP contribution in [0.25, 0.3) is 0 Å². The molecule has 1 rings (SSSR count). The highest BCUT2D eigenvalue weighted by Gasteiger charge is 2.43. The third-order valence-corrected chi connectivity index (χ3v) is 2.86. The molecule has 0 saturated heterocycles. The topological polar surface area (TPSA) is 21.7 Å². The van der Waals surface area contributed by atoms with E-state index < -0.39 is 0 Å². The Hall–Kier alpha value is -0.380. The molecule has 0 aromatic carbocycles. The van der Waals surface area contributed by atoms with Crippen LogP contribution in [-0.4, -0.2) is 37.6 Å². The van der Waals surface area contributed by atoms with Crippen LogP contribution < -0.4 is 0 Å². The van der Waals surface area contributed by atoms with Gasteiger partial charge in [0, 0.05) is 14.2 Å². The van der Waals surface area contributed by atoms with Gasteiger partial charge in [-0.2, -0.15) is 0 Å². The van der Waals surface area contributed by atoms with E-state index in [0.29, 0.717) is 0 Å². The van der Waals surface area contributed by atoms with E-state index in [-0.39, 0.29) is 11.4 Å². The number of methoxy groups -OCH3 is 2. The fourth-order valence-corrected chi connectivity index (χ4v) is 1.38. The van der Waals surface area contributed by atoms with Crippen LogP contribution in [0.1, 0.15) is 13.8 Å². The van der Waals surface area contributed by atoms with Crippen molar-refractivity contribution < 1.29 is 9.47 Å². The number of nitrogens with zero attached hydrogens (tertiary/aromatic N) is 1. The second-order valence-electron chi connectivity index (χ2n) is 3.41. The Bertz CT molecular complexity index is 185. The maximum absolute atomic E-state index is 5.37. The van der Waals surface area contributed by atoms with Crippen molar-refractivity contribution in [1.29, 1.82) is 0 Å². The molecule has 0 N–H and O–H groups in total. The van der Waals surface area contributed by atoms with Crippen molar-refractivity contribution in [3.05, 3.63) is 12.2 Å². The largest absolute Gasteiger partial charge is 0.360 e. The molecule has 0 fully saturated rings. The predicted octanol–water partition coefficient (Wildman–Crippen LogP) is 1.21. The molecule has 3 heteroatoms. The summed E-state index contributed by atoms with van der Waals surface area (Å²) in [5.41, 5.74) is -0.685. The van der Waals surface area contributed by atoms with Crippen LogP contribution in [0.2, 0.25) is 0 Å². The van der Waals surface area contributed by atoms with E-state index in [1.807, 2.05) is 37.9 Å². The van der Waals surface area contributed by atoms with Gasteiger partial charge in [-0.25, -0.2) is 4.90 Å². The Balaban J connectivity index is 2.88. The molecule has 0 spiro atoms. The summed E-state index contributed by atoms with van der Waals surface area (Å²) in [5.74, 6) is 0. The molecule has 1 aliphatic rings. The molecule has 0 aliphatic carbocycles. The lowest BCUT2D eigenvalue weighted by molar-refractivity contribution is -0.167. The first-order chi connectivity index (χ1) is 5.48. The Morgan fingerprint density at radius 2 is 1.33 bits per heavy atom. The first-order valence-corrected chi connectivity index (χ1v) is 4.03. The number of hydrogen-bond acceptors (Lipinski definition) is 3. The van der Waals surface area contributed by atoms with Crippen LogP contribution in [0.15, 0.2) is 12.2 Å². The van der Waals surface area contributed by atoms with Crippen molar-refractivity contribution in [3.8, 4) is 0 Å². The monoisotopic (exact) mass is 171 g/mol. The highest BCUT2D eigenvalue weighted by molar-refractivity contribution is 5.15. The summed E-state index contributed by atoms with van der Waals surface area (Å²) >= 11 is 0. The van der Waals surface area contributed by atoms with Gasteiger partial charge in [-0.3, -0.25) is 0 Å². The Kier molecular flexibility index (Phi) is 2.29. The standard InChI is InChI=1S/C9H17NO2/c1-8(11-4)6-7-9(2,12-5)10(8)3/h6-7H,1-5H3. The Labute approximate surface area is 74.0 Å². The van der Waals surface area contributed by atoms with Crippen LogP contribution in [0.5, 0.6) is 0 Å². The summed E-state index contributed by atoms with van der Waals surface area (Å²) in [6.45, 7) is 4.02. The van der Waals surface area contributed by atoms with Crippen LogP contribution in [-0.2, 0) is 9.47 Å². The molecule has 0 aromatic heterocycles. The summed E-state index contributed by atoms with van der Waals surface area (Å²) < 4.78 is 10.7. The minimum absolute atomic E-state index is 0.342. The molecule has 3 nitrogen and oxygen atoms in total. The zero-order chi connectivity index (χ0) is 9.41. The zero-order valence-electron chi connectivity index (χ0n) is 8.42. The molecule has 70 valence electrons. The minimum Gasteiger partial charge on any atom is -0.360 e. The lowest BCUT2D eigenvalue weighted by Crippen LogP contribution is -2.51. The summed E-state index contributed by atoms with van der Waals surface area (Å²) in [6, 6.07) is 0. The highest BCUT2D eigenvalue weighted by Crippen LogP contribution is 2.33. The number of hydrogen-bond donors (Lipinski definition) is 0. The van der Waals surface area contributed by atoms with Gasteiger partial charge < -0.3 is 9.47 Å². The summed E-state index contributed by atoms with van der Waals surface area (Å²) in [7, 11) is 5.37. The van der Waals surface area contributed by atoms with Gasteiger partial charge >= 0.3 is 0 Å². The fraction of sp³-hybridized carbons (Fsp3) is 0.778. The molecule has 0 amide bonds. The maximum Gasteiger partial charge on any atom is 0.139 e. The van der Waals surface area contributed by atoms with Crippen LogP contribution in [0.4, 0.5) is 0 Å². The van der Waals surface area contributed by atoms with E-state index in [1.54, 1.807) is 14.2 Å². The van der Waals surface area contributed by atoms with E-state index in [4.69, 9.17) is 9.47 Å². The number of rotatable bonds is 2. The van der Waals surface area contributed by atoms with Crippen LogP contribution in [0.3, 0.4) is 0 Å². The molecule has 0 aromatic rings. The molecular weight excluding hydrogens is 154 g/mol. The van der Waals surface area contributed by atoms with E-state index in [0.717, 1.165) is 0 Å². The molecule has 1 aliphatic heterocycles. The van der Waals surface area contributed by atoms with Gasteiger partial charge in [-0.1, -0.05) is 0 Å². The maximum atomic E-state index is 5.37. The average molecular weight is 171 g/mol. The SMILES string of the molecule is COC1(C)C=CC(C)(OC)N1C. The van der Waals surface area contributed by atoms with E-state index in [1.165, 1.54) is 0 Å². The van der Waals surface area contributed by atoms with Crippen LogP contribution >= 0.6 is 0 Å². The van der Waals surface area contributed by atoms with E-state index in [2.05, 4.69) is 0 Å². The normalized spacial score (nSPS) is 42.4. The lowest BCUT2D eigenvalue weighted by Gasteiger charge is -2.39. The minimum atomic E-state index is -0.342. The Morgan fingerprint density at radius 3 is 1.50 bits per heavy atom. The van der Waals surface area contributed by atoms with E-state index >= 15 is 0 Å². The second-order valence-corrected chi connectivity index (χ2v) is 3.41. The smallest absolute Gasteiger partial charge is 0.139 e. The van der Waals surface area contributed by atoms with Gasteiger partial charge in [0.2, 0.25) is 0 Å². The third-order valence-electron chi connectivity index (χ3n) is 2.86. The second kappa shape index (κ2) is 2.83. The molecule has 0 bridgehead atoms. The first-order valence-electron chi connectivity index (χ1n) is 4.03. The molecule has 12 heavy (non-hydrogen) atoms. The zero-order valence-corrected chi connectivity index (χ0v) is 8.42. The van der Waals surface area contributed by atoms with Crippen molar-refractivity contribution in [2.24, 2.45) is 0 Å². The molecular formula is C9H17NO2. The highest BCUT2D eigenvalue weighted by atomic mass is 16.5. The van der Waals surface area contributed by atoms with Crippen molar-refractivity contribution in [2.45, 2.75) is 25.3 Å². The van der Waals surface area contributed by atoms with Gasteiger partial charge in [-0.05, 0) is 33.0 Å². The molecule has 2 atom stereocenters. The predicted molar refractivity (Wildman–Crippen MR) is 47.7 cm³/mol. The molecule has 2 unspecified atom stereocenters. The van der Waals surface area contributed by atoms with Crippen molar-refractivity contribution in [2.75, 3.05) is 21.3 Å². The fourth-order valence-electron chi connectivity index (χ4n) is 1.38. The number of ether oxygens (including phenoxy) is 2. The summed E-state index contributed by atoms with van der Waals surface area (Å²) in [5, 5.41) is 0. The molecule has 0 radical (unpaired) electrons. The average Bonchev–Trinajstić information content (AvgIpc) is 2.32. The third kappa shape index (κ3) is 1.18. The van der Waals surface area contributed by atoms with Gasteiger partial charge in [0.15, 0.2) is 0 Å². The van der Waals surface area contributed by atoms with Gasteiger partial charge in [-0.15, -0.1) is 0 Å². The molecule has 1 heterocycles. The van der Waals surface area contributed by atoms with Gasteiger partial charge in [0.05, 0.1) is 0 Å². The van der Waals surface area contributed by atoms with Crippen LogP contribution in [0, 0.1) is 0 Å². The van der Waals surface area contributed by atoms with Gasteiger partial charge in [0.25, 0.3) is 0 Å². The van der Waals surface area contributed by atoms with Crippen molar-refractivity contribution in [3.63, 3.8) is 0 Å². The van der Waals surface area contributed by atoms with Crippen molar-refractivity contribution in [1.82, 2.24) is 4.90 Å². The quantitative estimate of drug-likeness (QED) is 0.583. The molecule has 0 saturated carbocycles. The van der Waals surface area contributed by atoms with Crippen molar-refractivity contribution >= 4 is 0 Å². The van der Waals surface area contributed by atoms with E-state index in [9.17, 15) is 0 Å².